The van der Waals surface area contributed by atoms with E-state index < -0.39 is 13.2 Å². The smallest absolute Gasteiger partial charge is 0.423 e. The molecule has 0 saturated carbocycles. The maximum Gasteiger partial charge on any atom is 0.489 e. The molecule has 0 radical (unpaired) electrons. The van der Waals surface area contributed by atoms with Crippen LogP contribution in [0.3, 0.4) is 0 Å². The van der Waals surface area contributed by atoms with Gasteiger partial charge < -0.3 is 10.0 Å². The Morgan fingerprint density at radius 2 is 1.05 bits per heavy atom. The van der Waals surface area contributed by atoms with Crippen molar-refractivity contribution >= 4 is 44.9 Å². The first-order chi connectivity index (χ1) is 21.3. The maximum atomic E-state index is 10.5. The van der Waals surface area contributed by atoms with Crippen LogP contribution in [-0.2, 0) is 0 Å². The van der Waals surface area contributed by atoms with E-state index in [0.717, 1.165) is 54.6 Å². The fraction of sp³-hybridized carbons (Fsp3) is 0. The summed E-state index contributed by atoms with van der Waals surface area (Å²) < 4.78 is 42.2. The molecule has 2 nitrogen and oxygen atoms in total. The van der Waals surface area contributed by atoms with Gasteiger partial charge in [0.05, 0.1) is 6.85 Å². The molecule has 0 atom stereocenters. The van der Waals surface area contributed by atoms with Crippen LogP contribution in [0.4, 0.5) is 0 Å². The largest absolute Gasteiger partial charge is 0.489 e. The molecule has 0 bridgehead atoms. The zero-order chi connectivity index (χ0) is 30.7. The summed E-state index contributed by atoms with van der Waals surface area (Å²) in [6, 6.07) is 33.3. The lowest BCUT2D eigenvalue weighted by Crippen LogP contribution is -2.31. The van der Waals surface area contributed by atoms with E-state index in [9.17, 15) is 10.0 Å². The van der Waals surface area contributed by atoms with Crippen molar-refractivity contribution in [3.63, 3.8) is 0 Å². The second-order valence-corrected chi connectivity index (χ2v) is 9.54. The molecule has 3 heteroatoms. The molecule has 7 rings (SSSR count). The fourth-order valence-corrected chi connectivity index (χ4v) is 5.73. The highest BCUT2D eigenvalue weighted by molar-refractivity contribution is 6.66. The lowest BCUT2D eigenvalue weighted by atomic mass is 9.72. The molecular formula is C36H25BO2. The lowest BCUT2D eigenvalue weighted by molar-refractivity contribution is 0.426. The molecule has 0 aliphatic rings. The van der Waals surface area contributed by atoms with Gasteiger partial charge in [-0.2, -0.15) is 0 Å². The van der Waals surface area contributed by atoms with Crippen LogP contribution in [-0.4, -0.2) is 17.2 Å². The van der Waals surface area contributed by atoms with Gasteiger partial charge in [0.2, 0.25) is 0 Å². The molecule has 7 aromatic carbocycles. The van der Waals surface area contributed by atoms with E-state index in [1.54, 1.807) is 0 Å². The molecular weight excluding hydrogens is 475 g/mol. The van der Waals surface area contributed by atoms with Gasteiger partial charge in [0.25, 0.3) is 0 Å². The van der Waals surface area contributed by atoms with Crippen LogP contribution in [0.2, 0.25) is 0 Å². The average Bonchev–Trinajstić information content (AvgIpc) is 3.05. The zero-order valence-corrected chi connectivity index (χ0v) is 20.9. The first kappa shape index (κ1) is 18.5. The predicted octanol–water partition coefficient (Wildman–Crippen LogP) is 7.83. The molecule has 0 aliphatic heterocycles. The first-order valence-electron chi connectivity index (χ1n) is 15.3. The van der Waals surface area contributed by atoms with Crippen molar-refractivity contribution in [2.75, 3.05) is 0 Å². The van der Waals surface area contributed by atoms with Gasteiger partial charge in [0.1, 0.15) is 0 Å². The van der Waals surface area contributed by atoms with E-state index >= 15 is 0 Å². The summed E-state index contributed by atoms with van der Waals surface area (Å²) in [6.45, 7) is 0. The molecule has 0 spiro atoms. The Labute approximate surface area is 234 Å². The Balaban J connectivity index is 1.67. The van der Waals surface area contributed by atoms with E-state index in [2.05, 4.69) is 0 Å². The molecule has 0 unspecified atom stereocenters. The number of fused-ring (bicyclic) bond motifs is 3. The van der Waals surface area contributed by atoms with Gasteiger partial charge in [-0.3, -0.25) is 0 Å². The van der Waals surface area contributed by atoms with Crippen molar-refractivity contribution in [1.29, 1.82) is 0 Å². The molecule has 7 aromatic rings. The van der Waals surface area contributed by atoms with Crippen LogP contribution in [0.15, 0.2) is 139 Å². The molecule has 0 saturated heterocycles. The molecule has 0 fully saturated rings. The predicted molar refractivity (Wildman–Crippen MR) is 165 cm³/mol. The van der Waals surface area contributed by atoms with Crippen molar-refractivity contribution in [1.82, 2.24) is 0 Å². The highest BCUT2D eigenvalue weighted by Gasteiger charge is 2.23. The Bertz CT molecular complexity index is 2180. The van der Waals surface area contributed by atoms with Crippen molar-refractivity contribution in [3.05, 3.63) is 139 Å². The second-order valence-electron chi connectivity index (χ2n) is 9.54. The Kier molecular flexibility index (Phi) is 4.54. The van der Waals surface area contributed by atoms with Crippen LogP contribution >= 0.6 is 0 Å². The standard InChI is InChI=1S/C36H25BO2/c38-37(39)36-31-18-9-7-16-28(31)35(29-17-8-10-19-32(29)36)30-21-11-20-27-33(25-14-5-2-6-15-25)22-26(23-34(27)30)24-12-3-1-4-13-24/h1-23,38-39H/i1D,3D,4D,12D,13D. The molecule has 39 heavy (non-hydrogen) atoms. The van der Waals surface area contributed by atoms with Crippen LogP contribution in [0.1, 0.15) is 6.85 Å². The van der Waals surface area contributed by atoms with Crippen molar-refractivity contribution in [3.8, 4) is 33.4 Å². The highest BCUT2D eigenvalue weighted by atomic mass is 16.4. The lowest BCUT2D eigenvalue weighted by Gasteiger charge is -2.19. The van der Waals surface area contributed by atoms with Gasteiger partial charge in [-0.05, 0) is 83.3 Å². The molecule has 0 amide bonds. The molecule has 0 aliphatic carbocycles. The SMILES string of the molecule is [2H]c1c([2H])c([2H])c(-c2cc(-c3ccccc3)c3cccc(-c4c5ccccc5c(B(O)O)c5ccccc45)c3c2)c([2H])c1[2H]. The zero-order valence-electron chi connectivity index (χ0n) is 25.9. The number of hydrogen-bond donors (Lipinski definition) is 2. The summed E-state index contributed by atoms with van der Waals surface area (Å²) in [7, 11) is -1.67. The summed E-state index contributed by atoms with van der Waals surface area (Å²) in [5, 5.41) is 25.8. The van der Waals surface area contributed by atoms with E-state index in [1.807, 2.05) is 109 Å². The molecule has 2 N–H and O–H groups in total. The van der Waals surface area contributed by atoms with E-state index in [4.69, 9.17) is 6.85 Å². The topological polar surface area (TPSA) is 40.5 Å². The summed E-state index contributed by atoms with van der Waals surface area (Å²) in [5.41, 5.74) is 4.66. The molecule has 0 aromatic heterocycles. The quantitative estimate of drug-likeness (QED) is 0.189. The number of benzene rings is 7. The van der Waals surface area contributed by atoms with Gasteiger partial charge in [-0.25, -0.2) is 0 Å². The summed E-state index contributed by atoms with van der Waals surface area (Å²) in [5.74, 6) is 0. The first-order valence-corrected chi connectivity index (χ1v) is 12.8. The van der Waals surface area contributed by atoms with Crippen LogP contribution in [0, 0.1) is 0 Å². The highest BCUT2D eigenvalue weighted by Crippen LogP contribution is 2.43. The van der Waals surface area contributed by atoms with Gasteiger partial charge in [-0.1, -0.05) is 127 Å². The number of hydrogen-bond acceptors (Lipinski definition) is 2. The Morgan fingerprint density at radius 1 is 0.462 bits per heavy atom. The van der Waals surface area contributed by atoms with Crippen molar-refractivity contribution in [2.24, 2.45) is 0 Å². The third kappa shape index (κ3) is 3.92. The van der Waals surface area contributed by atoms with Crippen molar-refractivity contribution in [2.45, 2.75) is 0 Å². The van der Waals surface area contributed by atoms with Gasteiger partial charge in [0.15, 0.2) is 0 Å². The Morgan fingerprint density at radius 3 is 1.69 bits per heavy atom. The van der Waals surface area contributed by atoms with E-state index in [-0.39, 0.29) is 29.7 Å². The third-order valence-corrected chi connectivity index (χ3v) is 7.37. The minimum atomic E-state index is -1.67. The summed E-state index contributed by atoms with van der Waals surface area (Å²) >= 11 is 0. The van der Waals surface area contributed by atoms with Gasteiger partial charge in [0, 0.05) is 0 Å². The normalized spacial score (nSPS) is 13.1. The average molecular weight is 505 g/mol. The minimum absolute atomic E-state index is 0.137. The van der Waals surface area contributed by atoms with Crippen LogP contribution in [0.25, 0.3) is 65.7 Å². The summed E-state index contributed by atoms with van der Waals surface area (Å²) in [6.07, 6.45) is 0. The number of rotatable bonds is 4. The maximum absolute atomic E-state index is 10.5. The second kappa shape index (κ2) is 9.56. The van der Waals surface area contributed by atoms with Gasteiger partial charge in [-0.15, -0.1) is 0 Å². The van der Waals surface area contributed by atoms with Crippen LogP contribution in [0.5, 0.6) is 0 Å². The fourth-order valence-electron chi connectivity index (χ4n) is 5.73. The third-order valence-electron chi connectivity index (χ3n) is 7.37. The van der Waals surface area contributed by atoms with E-state index in [1.165, 1.54) is 0 Å². The van der Waals surface area contributed by atoms with Gasteiger partial charge >= 0.3 is 7.12 Å². The molecule has 184 valence electrons. The Hall–Kier alpha value is -4.70. The monoisotopic (exact) mass is 505 g/mol. The van der Waals surface area contributed by atoms with E-state index in [0.29, 0.717) is 11.0 Å². The molecule has 0 heterocycles. The van der Waals surface area contributed by atoms with Crippen molar-refractivity contribution < 1.29 is 16.9 Å². The minimum Gasteiger partial charge on any atom is -0.423 e. The summed E-state index contributed by atoms with van der Waals surface area (Å²) in [4.78, 5) is 0. The van der Waals surface area contributed by atoms with Crippen LogP contribution < -0.4 is 5.46 Å².